The molecule has 6 nitrogen and oxygen atoms in total. The Hall–Kier alpha value is -1.36. The maximum atomic E-state index is 12.6. The highest BCUT2D eigenvalue weighted by Crippen LogP contribution is 2.24. The Kier molecular flexibility index (Phi) is 7.87. The van der Waals surface area contributed by atoms with Crippen molar-refractivity contribution in [3.63, 3.8) is 0 Å². The smallest absolute Gasteiger partial charge is 0.343 e. The van der Waals surface area contributed by atoms with Gasteiger partial charge < -0.3 is 10.6 Å². The van der Waals surface area contributed by atoms with E-state index in [1.807, 2.05) is 0 Å². The Bertz CT molecular complexity index is 711. The van der Waals surface area contributed by atoms with Gasteiger partial charge in [-0.2, -0.15) is 17.5 Å². The van der Waals surface area contributed by atoms with Crippen LogP contribution in [0.3, 0.4) is 0 Å². The van der Waals surface area contributed by atoms with Gasteiger partial charge in [0.2, 0.25) is 10.0 Å². The number of nitrogens with one attached hydrogen (secondary N) is 2. The minimum absolute atomic E-state index is 0. The molecule has 1 atom stereocenters. The van der Waals surface area contributed by atoms with Gasteiger partial charge in [0, 0.05) is 18.7 Å². The normalized spacial score (nSPS) is 18.4. The van der Waals surface area contributed by atoms with Crippen molar-refractivity contribution >= 4 is 28.3 Å². The first kappa shape index (κ1) is 22.7. The Morgan fingerprint density at radius 1 is 1.27 bits per heavy atom. The van der Waals surface area contributed by atoms with E-state index < -0.39 is 28.7 Å². The van der Waals surface area contributed by atoms with Crippen LogP contribution in [-0.4, -0.2) is 58.0 Å². The van der Waals surface area contributed by atoms with Crippen LogP contribution in [0, 0.1) is 5.92 Å². The number of benzene rings is 1. The fourth-order valence-electron chi connectivity index (χ4n) is 2.68. The van der Waals surface area contributed by atoms with Gasteiger partial charge in [-0.25, -0.2) is 8.42 Å². The predicted octanol–water partition coefficient (Wildman–Crippen LogP) is 1.63. The number of rotatable bonds is 6. The average molecular weight is 416 g/mol. The molecule has 1 aromatic carbocycles. The maximum Gasteiger partial charge on any atom is 0.405 e. The summed E-state index contributed by atoms with van der Waals surface area (Å²) in [6, 6.07) is 4.89. The molecule has 1 aliphatic heterocycles. The number of carbonyl (C=O) groups is 1. The number of halogens is 4. The largest absolute Gasteiger partial charge is 0.405 e. The fraction of sp³-hybridized carbons (Fsp3) is 0.533. The predicted molar refractivity (Wildman–Crippen MR) is 92.9 cm³/mol. The first-order valence-corrected chi connectivity index (χ1v) is 9.17. The summed E-state index contributed by atoms with van der Waals surface area (Å²) in [5.74, 6) is -0.663. The SMILES string of the molecule is CNCC1CCN(S(=O)(=O)c2ccc(C(=O)NCC(F)(F)F)cc2)C1.Cl. The molecule has 0 bridgehead atoms. The van der Waals surface area contributed by atoms with Crippen LogP contribution >= 0.6 is 12.4 Å². The molecule has 1 saturated heterocycles. The van der Waals surface area contributed by atoms with Crippen molar-refractivity contribution < 1.29 is 26.4 Å². The summed E-state index contributed by atoms with van der Waals surface area (Å²) in [6.07, 6.45) is -3.74. The van der Waals surface area contributed by atoms with Gasteiger partial charge in [-0.15, -0.1) is 12.4 Å². The van der Waals surface area contributed by atoms with Crippen LogP contribution in [-0.2, 0) is 10.0 Å². The number of sulfonamides is 1. The number of nitrogens with zero attached hydrogens (tertiary/aromatic N) is 1. The quantitative estimate of drug-likeness (QED) is 0.740. The van der Waals surface area contributed by atoms with Gasteiger partial charge in [-0.1, -0.05) is 0 Å². The number of alkyl halides is 3. The van der Waals surface area contributed by atoms with Crippen molar-refractivity contribution in [2.45, 2.75) is 17.5 Å². The van der Waals surface area contributed by atoms with Crippen LogP contribution in [0.5, 0.6) is 0 Å². The monoisotopic (exact) mass is 415 g/mol. The molecular weight excluding hydrogens is 395 g/mol. The zero-order valence-corrected chi connectivity index (χ0v) is 15.7. The van der Waals surface area contributed by atoms with E-state index in [9.17, 15) is 26.4 Å². The van der Waals surface area contributed by atoms with Gasteiger partial charge in [-0.3, -0.25) is 4.79 Å². The summed E-state index contributed by atoms with van der Waals surface area (Å²) in [6.45, 7) is 0.121. The van der Waals surface area contributed by atoms with E-state index in [0.717, 1.165) is 13.0 Å². The molecular formula is C15H21ClF3N3O3S. The molecule has 2 rings (SSSR count). The average Bonchev–Trinajstić information content (AvgIpc) is 3.02. The van der Waals surface area contributed by atoms with Crippen molar-refractivity contribution in [3.8, 4) is 0 Å². The Balaban J connectivity index is 0.00000338. The molecule has 0 aliphatic carbocycles. The molecule has 2 N–H and O–H groups in total. The minimum atomic E-state index is -4.50. The molecule has 11 heteroatoms. The van der Waals surface area contributed by atoms with Gasteiger partial charge in [-0.05, 0) is 50.2 Å². The molecule has 26 heavy (non-hydrogen) atoms. The molecule has 1 unspecified atom stereocenters. The van der Waals surface area contributed by atoms with E-state index in [2.05, 4.69) is 5.32 Å². The molecule has 0 spiro atoms. The van der Waals surface area contributed by atoms with Gasteiger partial charge in [0.1, 0.15) is 6.54 Å². The van der Waals surface area contributed by atoms with E-state index in [0.29, 0.717) is 13.1 Å². The van der Waals surface area contributed by atoms with Crippen LogP contribution in [0.2, 0.25) is 0 Å². The summed E-state index contributed by atoms with van der Waals surface area (Å²) < 4.78 is 62.9. The number of carbonyl (C=O) groups excluding carboxylic acids is 1. The highest BCUT2D eigenvalue weighted by atomic mass is 35.5. The van der Waals surface area contributed by atoms with Gasteiger partial charge in [0.15, 0.2) is 0 Å². The van der Waals surface area contributed by atoms with Crippen LogP contribution in [0.1, 0.15) is 16.8 Å². The lowest BCUT2D eigenvalue weighted by Crippen LogP contribution is -2.33. The van der Waals surface area contributed by atoms with Gasteiger partial charge >= 0.3 is 6.18 Å². The van der Waals surface area contributed by atoms with Crippen LogP contribution < -0.4 is 10.6 Å². The summed E-state index contributed by atoms with van der Waals surface area (Å²) in [5.41, 5.74) is -0.0299. The van der Waals surface area contributed by atoms with Crippen LogP contribution in [0.4, 0.5) is 13.2 Å². The number of hydrogen-bond acceptors (Lipinski definition) is 4. The topological polar surface area (TPSA) is 78.5 Å². The van der Waals surface area contributed by atoms with Crippen LogP contribution in [0.15, 0.2) is 29.2 Å². The highest BCUT2D eigenvalue weighted by molar-refractivity contribution is 7.89. The first-order chi connectivity index (χ1) is 11.6. The third kappa shape index (κ3) is 5.83. The van der Waals surface area contributed by atoms with Gasteiger partial charge in [0.25, 0.3) is 5.91 Å². The molecule has 1 aliphatic rings. The summed E-state index contributed by atoms with van der Waals surface area (Å²) in [7, 11) is -1.87. The van der Waals surface area contributed by atoms with Crippen LogP contribution in [0.25, 0.3) is 0 Å². The van der Waals surface area contributed by atoms with E-state index >= 15 is 0 Å². The zero-order valence-electron chi connectivity index (χ0n) is 14.0. The second-order valence-electron chi connectivity index (χ2n) is 5.90. The second kappa shape index (κ2) is 9.03. The Morgan fingerprint density at radius 2 is 1.88 bits per heavy atom. The van der Waals surface area contributed by atoms with Crippen molar-refractivity contribution in [2.75, 3.05) is 33.2 Å². The van der Waals surface area contributed by atoms with E-state index in [1.54, 1.807) is 12.4 Å². The van der Waals surface area contributed by atoms with Gasteiger partial charge in [0.05, 0.1) is 4.90 Å². The molecule has 1 heterocycles. The lowest BCUT2D eigenvalue weighted by atomic mass is 10.1. The summed E-state index contributed by atoms with van der Waals surface area (Å²) >= 11 is 0. The standard InChI is InChI=1S/C15H20F3N3O3S.ClH/c1-19-8-11-6-7-21(9-11)25(23,24)13-4-2-12(3-5-13)14(22)20-10-15(16,17)18;/h2-5,11,19H,6-10H2,1H3,(H,20,22);1H. The summed E-state index contributed by atoms with van der Waals surface area (Å²) in [4.78, 5) is 11.7. The summed E-state index contributed by atoms with van der Waals surface area (Å²) in [5, 5.41) is 4.76. The molecule has 1 aromatic rings. The van der Waals surface area contributed by atoms with Crippen molar-refractivity contribution in [3.05, 3.63) is 29.8 Å². The maximum absolute atomic E-state index is 12.6. The highest BCUT2D eigenvalue weighted by Gasteiger charge is 2.32. The molecule has 0 aromatic heterocycles. The first-order valence-electron chi connectivity index (χ1n) is 7.73. The Labute approximate surface area is 156 Å². The van der Waals surface area contributed by atoms with E-state index in [4.69, 9.17) is 0 Å². The lowest BCUT2D eigenvalue weighted by Gasteiger charge is -2.17. The Morgan fingerprint density at radius 3 is 2.42 bits per heavy atom. The van der Waals surface area contributed by atoms with E-state index in [1.165, 1.54) is 28.6 Å². The third-order valence-electron chi connectivity index (χ3n) is 3.95. The van der Waals surface area contributed by atoms with Crippen molar-refractivity contribution in [1.82, 2.24) is 14.9 Å². The zero-order chi connectivity index (χ0) is 18.7. The molecule has 1 fully saturated rings. The molecule has 1 amide bonds. The van der Waals surface area contributed by atoms with E-state index in [-0.39, 0.29) is 28.8 Å². The number of amides is 1. The third-order valence-corrected chi connectivity index (χ3v) is 5.82. The molecule has 0 saturated carbocycles. The molecule has 148 valence electrons. The second-order valence-corrected chi connectivity index (χ2v) is 7.84. The number of hydrogen-bond donors (Lipinski definition) is 2. The van der Waals surface area contributed by atoms with Crippen molar-refractivity contribution in [2.24, 2.45) is 5.92 Å². The minimum Gasteiger partial charge on any atom is -0.343 e. The fourth-order valence-corrected chi connectivity index (χ4v) is 4.21. The molecule has 0 radical (unpaired) electrons. The van der Waals surface area contributed by atoms with Crippen molar-refractivity contribution in [1.29, 1.82) is 0 Å². The lowest BCUT2D eigenvalue weighted by molar-refractivity contribution is -0.123.